The Morgan fingerprint density at radius 3 is 2.40 bits per heavy atom. The molecule has 2 N–H and O–H groups in total. The normalized spacial score (nSPS) is 11.1. The Balaban J connectivity index is 2.34. The van der Waals surface area contributed by atoms with E-state index >= 15 is 0 Å². The zero-order valence-corrected chi connectivity index (χ0v) is 13.3. The van der Waals surface area contributed by atoms with E-state index in [1.54, 1.807) is 19.1 Å². The summed E-state index contributed by atoms with van der Waals surface area (Å²) in [6.45, 7) is 3.37. The summed E-state index contributed by atoms with van der Waals surface area (Å²) in [5.41, 5.74) is 2.73. The van der Waals surface area contributed by atoms with Crippen molar-refractivity contribution >= 4 is 12.0 Å². The van der Waals surface area contributed by atoms with Gasteiger partial charge in [-0.25, -0.2) is 14.9 Å². The average molecular weight is 356 g/mol. The standard InChI is InChI=1S/C15H15F3N4O3/c1-3-25-14(24)21-20-13(23)11-8-19-22(12(11)15(16,17)18)10-6-4-9(2)5-7-10/h4-8H,3H2,1-2H3,(H,20,23)(H,21,24). The number of halogens is 3. The molecule has 2 rings (SSSR count). The SMILES string of the molecule is CCOC(=O)NNC(=O)c1cnn(-c2ccc(C)cc2)c1C(F)(F)F. The molecule has 1 heterocycles. The maximum Gasteiger partial charge on any atom is 0.434 e. The first kappa shape index (κ1) is 18.3. The minimum Gasteiger partial charge on any atom is -0.449 e. The van der Waals surface area contributed by atoms with Crippen molar-refractivity contribution in [1.82, 2.24) is 20.6 Å². The quantitative estimate of drug-likeness (QED) is 0.828. The molecule has 0 aliphatic heterocycles. The molecule has 0 spiro atoms. The molecule has 10 heteroatoms. The van der Waals surface area contributed by atoms with Crippen LogP contribution in [0.4, 0.5) is 18.0 Å². The van der Waals surface area contributed by atoms with Crippen molar-refractivity contribution in [1.29, 1.82) is 0 Å². The van der Waals surface area contributed by atoms with Gasteiger partial charge in [-0.3, -0.25) is 10.2 Å². The highest BCUT2D eigenvalue weighted by atomic mass is 19.4. The predicted octanol–water partition coefficient (Wildman–Crippen LogP) is 2.59. The number of nitrogens with one attached hydrogen (secondary N) is 2. The summed E-state index contributed by atoms with van der Waals surface area (Å²) in [6, 6.07) is 6.16. The number of hydrogen-bond acceptors (Lipinski definition) is 4. The second kappa shape index (κ2) is 7.24. The largest absolute Gasteiger partial charge is 0.449 e. The number of hydrogen-bond donors (Lipinski definition) is 2. The minimum absolute atomic E-state index is 0.0425. The van der Waals surface area contributed by atoms with E-state index in [2.05, 4.69) is 9.84 Å². The summed E-state index contributed by atoms with van der Waals surface area (Å²) < 4.78 is 45.4. The highest BCUT2D eigenvalue weighted by Crippen LogP contribution is 2.33. The number of aromatic nitrogens is 2. The van der Waals surface area contributed by atoms with Gasteiger partial charge in [-0.05, 0) is 26.0 Å². The molecule has 0 bridgehead atoms. The molecule has 0 saturated heterocycles. The number of carbonyl (C=O) groups is 2. The van der Waals surface area contributed by atoms with Crippen LogP contribution in [0.5, 0.6) is 0 Å². The van der Waals surface area contributed by atoms with E-state index in [-0.39, 0.29) is 12.3 Å². The molecule has 0 saturated carbocycles. The van der Waals surface area contributed by atoms with Gasteiger partial charge in [0, 0.05) is 0 Å². The molecular weight excluding hydrogens is 341 g/mol. The summed E-state index contributed by atoms with van der Waals surface area (Å²) in [7, 11) is 0. The number of amides is 2. The summed E-state index contributed by atoms with van der Waals surface area (Å²) in [6.07, 6.45) is -5.04. The van der Waals surface area contributed by atoms with Crippen LogP contribution in [0.2, 0.25) is 0 Å². The van der Waals surface area contributed by atoms with Crippen LogP contribution in [0.1, 0.15) is 28.5 Å². The monoisotopic (exact) mass is 356 g/mol. The minimum atomic E-state index is -4.84. The van der Waals surface area contributed by atoms with E-state index in [1.165, 1.54) is 19.1 Å². The van der Waals surface area contributed by atoms with Crippen LogP contribution >= 0.6 is 0 Å². The molecule has 0 fully saturated rings. The molecule has 0 atom stereocenters. The van der Waals surface area contributed by atoms with Crippen LogP contribution < -0.4 is 10.9 Å². The van der Waals surface area contributed by atoms with Gasteiger partial charge in [-0.15, -0.1) is 0 Å². The number of hydrazine groups is 1. The van der Waals surface area contributed by atoms with E-state index in [4.69, 9.17) is 0 Å². The molecule has 2 amide bonds. The van der Waals surface area contributed by atoms with Gasteiger partial charge in [0.25, 0.3) is 5.91 Å². The first-order valence-corrected chi connectivity index (χ1v) is 7.19. The summed E-state index contributed by atoms with van der Waals surface area (Å²) in [5, 5.41) is 3.66. The van der Waals surface area contributed by atoms with E-state index in [1.807, 2.05) is 10.9 Å². The molecular formula is C15H15F3N4O3. The molecule has 0 aliphatic carbocycles. The molecule has 1 aromatic heterocycles. The number of rotatable bonds is 3. The topological polar surface area (TPSA) is 85.2 Å². The van der Waals surface area contributed by atoms with E-state index in [9.17, 15) is 22.8 Å². The van der Waals surface area contributed by atoms with Crippen molar-refractivity contribution < 1.29 is 27.5 Å². The third-order valence-corrected chi connectivity index (χ3v) is 3.11. The van der Waals surface area contributed by atoms with Crippen molar-refractivity contribution in [3.8, 4) is 5.69 Å². The molecule has 134 valence electrons. The zero-order chi connectivity index (χ0) is 18.6. The highest BCUT2D eigenvalue weighted by Gasteiger charge is 2.40. The number of ether oxygens (including phenoxy) is 1. The Hall–Kier alpha value is -3.04. The molecule has 25 heavy (non-hydrogen) atoms. The Bertz CT molecular complexity index is 769. The van der Waals surface area contributed by atoms with Gasteiger partial charge in [0.1, 0.15) is 0 Å². The molecule has 7 nitrogen and oxygen atoms in total. The van der Waals surface area contributed by atoms with E-state index in [0.29, 0.717) is 4.68 Å². The lowest BCUT2D eigenvalue weighted by molar-refractivity contribution is -0.143. The summed E-state index contributed by atoms with van der Waals surface area (Å²) >= 11 is 0. The second-order valence-corrected chi connectivity index (χ2v) is 4.95. The van der Waals surface area contributed by atoms with Crippen LogP contribution in [0.3, 0.4) is 0 Å². The average Bonchev–Trinajstić information content (AvgIpc) is 2.99. The molecule has 0 unspecified atom stereocenters. The van der Waals surface area contributed by atoms with Crippen LogP contribution in [-0.4, -0.2) is 28.4 Å². The van der Waals surface area contributed by atoms with E-state index < -0.39 is 29.4 Å². The van der Waals surface area contributed by atoms with Gasteiger partial charge in [0.2, 0.25) is 0 Å². The lowest BCUT2D eigenvalue weighted by Crippen LogP contribution is -2.42. The van der Waals surface area contributed by atoms with Gasteiger partial charge in [-0.1, -0.05) is 17.7 Å². The van der Waals surface area contributed by atoms with Gasteiger partial charge in [-0.2, -0.15) is 18.3 Å². The van der Waals surface area contributed by atoms with Gasteiger partial charge in [0.15, 0.2) is 5.69 Å². The summed E-state index contributed by atoms with van der Waals surface area (Å²) in [5.74, 6) is -1.17. The maximum absolute atomic E-state index is 13.4. The lowest BCUT2D eigenvalue weighted by atomic mass is 10.2. The number of benzene rings is 1. The first-order valence-electron chi connectivity index (χ1n) is 7.19. The molecule has 1 aromatic carbocycles. The number of carbonyl (C=O) groups excluding carboxylic acids is 2. The Morgan fingerprint density at radius 1 is 1.20 bits per heavy atom. The van der Waals surface area contributed by atoms with Crippen LogP contribution in [0.25, 0.3) is 5.69 Å². The Kier molecular flexibility index (Phi) is 5.30. The Labute approximate surface area is 140 Å². The fourth-order valence-corrected chi connectivity index (χ4v) is 2.01. The third-order valence-electron chi connectivity index (χ3n) is 3.11. The predicted molar refractivity (Wildman–Crippen MR) is 80.9 cm³/mol. The van der Waals surface area contributed by atoms with Crippen molar-refractivity contribution in [2.24, 2.45) is 0 Å². The van der Waals surface area contributed by atoms with Gasteiger partial charge >= 0.3 is 12.3 Å². The number of alkyl halides is 3. The van der Waals surface area contributed by atoms with Crippen molar-refractivity contribution in [3.05, 3.63) is 47.3 Å². The van der Waals surface area contributed by atoms with Crippen LogP contribution in [0.15, 0.2) is 30.5 Å². The zero-order valence-electron chi connectivity index (χ0n) is 13.3. The Morgan fingerprint density at radius 2 is 1.84 bits per heavy atom. The van der Waals surface area contributed by atoms with Gasteiger partial charge in [0.05, 0.1) is 24.1 Å². The molecule has 0 radical (unpaired) electrons. The van der Waals surface area contributed by atoms with Crippen molar-refractivity contribution in [2.45, 2.75) is 20.0 Å². The second-order valence-electron chi connectivity index (χ2n) is 4.95. The summed E-state index contributed by atoms with van der Waals surface area (Å²) in [4.78, 5) is 23.1. The smallest absolute Gasteiger partial charge is 0.434 e. The first-order chi connectivity index (χ1) is 11.7. The van der Waals surface area contributed by atoms with Crippen molar-refractivity contribution in [2.75, 3.05) is 6.61 Å². The fourth-order valence-electron chi connectivity index (χ4n) is 2.01. The lowest BCUT2D eigenvalue weighted by Gasteiger charge is -2.13. The van der Waals surface area contributed by atoms with Crippen LogP contribution in [-0.2, 0) is 10.9 Å². The highest BCUT2D eigenvalue weighted by molar-refractivity contribution is 5.96. The third kappa shape index (κ3) is 4.28. The van der Waals surface area contributed by atoms with Gasteiger partial charge < -0.3 is 4.74 Å². The molecule has 0 aliphatic rings. The van der Waals surface area contributed by atoms with Crippen molar-refractivity contribution in [3.63, 3.8) is 0 Å². The fraction of sp³-hybridized carbons (Fsp3) is 0.267. The number of nitrogens with zero attached hydrogens (tertiary/aromatic N) is 2. The number of aryl methyl sites for hydroxylation is 1. The maximum atomic E-state index is 13.4. The molecule has 2 aromatic rings. The van der Waals surface area contributed by atoms with Crippen LogP contribution in [0, 0.1) is 6.92 Å². The van der Waals surface area contributed by atoms with E-state index in [0.717, 1.165) is 11.8 Å².